The Morgan fingerprint density at radius 2 is 1.78 bits per heavy atom. The molecule has 0 bridgehead atoms. The number of halogens is 1. The summed E-state index contributed by atoms with van der Waals surface area (Å²) in [6, 6.07) is 0. The first-order valence-corrected chi connectivity index (χ1v) is 9.73. The van der Waals surface area contributed by atoms with E-state index in [-0.39, 0.29) is 11.2 Å². The summed E-state index contributed by atoms with van der Waals surface area (Å²) in [6.45, 7) is 0.528. The fourth-order valence-corrected chi connectivity index (χ4v) is 5.80. The lowest BCUT2D eigenvalue weighted by atomic mass is 9.85. The third-order valence-electron chi connectivity index (χ3n) is 3.78. The molecule has 0 spiro atoms. The summed E-state index contributed by atoms with van der Waals surface area (Å²) in [7, 11) is -1.34. The lowest BCUT2D eigenvalue weighted by Crippen LogP contribution is -2.33. The van der Waals surface area contributed by atoms with Gasteiger partial charge in [-0.15, -0.1) is 0 Å². The van der Waals surface area contributed by atoms with Gasteiger partial charge in [0.25, 0.3) is 0 Å². The first-order valence-electron chi connectivity index (χ1n) is 6.79. The average molecular weight is 341 g/mol. The number of hydrogen-bond donors (Lipinski definition) is 0. The predicted molar refractivity (Wildman–Crippen MR) is 79.1 cm³/mol. The van der Waals surface area contributed by atoms with Gasteiger partial charge in [-0.2, -0.15) is 0 Å². The lowest BCUT2D eigenvalue weighted by Gasteiger charge is -2.30. The maximum atomic E-state index is 12.2. The normalized spacial score (nSPS) is 20.6. The first kappa shape index (κ1) is 16.4. The largest absolute Gasteiger partial charge is 0.385 e. The zero-order valence-electron chi connectivity index (χ0n) is 11.3. The molecule has 108 valence electrons. The zero-order valence-corrected chi connectivity index (χ0v) is 13.7. The Hall–Kier alpha value is 0.390. The summed E-state index contributed by atoms with van der Waals surface area (Å²) < 4.78 is 29.3. The molecule has 1 saturated carbocycles. The van der Waals surface area contributed by atoms with E-state index in [0.29, 0.717) is 18.8 Å². The molecule has 3 nitrogen and oxygen atoms in total. The molecule has 5 heteroatoms. The van der Waals surface area contributed by atoms with Crippen molar-refractivity contribution < 1.29 is 13.2 Å². The Morgan fingerprint density at radius 3 is 2.28 bits per heavy atom. The molecular formula is C13H25BrO3S. The molecule has 0 aromatic carbocycles. The van der Waals surface area contributed by atoms with Gasteiger partial charge in [0, 0.05) is 19.0 Å². The fourth-order valence-electron chi connectivity index (χ4n) is 2.76. The third kappa shape index (κ3) is 5.57. The number of hydrogen-bond acceptors (Lipinski definition) is 3. The van der Waals surface area contributed by atoms with E-state index >= 15 is 0 Å². The molecule has 0 heterocycles. The van der Waals surface area contributed by atoms with Crippen LogP contribution < -0.4 is 0 Å². The Balaban J connectivity index is 2.59. The highest BCUT2D eigenvalue weighted by Crippen LogP contribution is 2.38. The molecule has 1 rings (SSSR count). The van der Waals surface area contributed by atoms with Gasteiger partial charge in [0.05, 0.1) is 11.5 Å². The highest BCUT2D eigenvalue weighted by atomic mass is 79.9. The molecule has 0 N–H and O–H groups in total. The van der Waals surface area contributed by atoms with E-state index in [1.807, 2.05) is 0 Å². The van der Waals surface area contributed by atoms with Gasteiger partial charge in [0.2, 0.25) is 0 Å². The Bertz CT molecular complexity index is 319. The SMILES string of the molecule is COCCCS(=O)(=O)CC1(CBr)CCCCCC1. The molecule has 0 saturated heterocycles. The Morgan fingerprint density at radius 1 is 1.17 bits per heavy atom. The van der Waals surface area contributed by atoms with Gasteiger partial charge in [-0.25, -0.2) is 8.42 Å². The third-order valence-corrected chi connectivity index (χ3v) is 6.93. The summed E-state index contributed by atoms with van der Waals surface area (Å²) in [5.74, 6) is 0.602. The maximum Gasteiger partial charge on any atom is 0.150 e. The van der Waals surface area contributed by atoms with Gasteiger partial charge in [-0.1, -0.05) is 41.6 Å². The summed E-state index contributed by atoms with van der Waals surface area (Å²) in [4.78, 5) is 0. The van der Waals surface area contributed by atoms with Crippen LogP contribution in [0, 0.1) is 5.41 Å². The number of rotatable bonds is 7. The van der Waals surface area contributed by atoms with Crippen LogP contribution in [0.3, 0.4) is 0 Å². The number of alkyl halides is 1. The Labute approximate surface area is 120 Å². The molecule has 1 aliphatic carbocycles. The van der Waals surface area contributed by atoms with Gasteiger partial charge in [0.15, 0.2) is 9.84 Å². The van der Waals surface area contributed by atoms with Crippen molar-refractivity contribution in [1.82, 2.24) is 0 Å². The lowest BCUT2D eigenvalue weighted by molar-refractivity contribution is 0.199. The second-order valence-electron chi connectivity index (χ2n) is 5.49. The van der Waals surface area contributed by atoms with Crippen LogP contribution in [-0.2, 0) is 14.6 Å². The van der Waals surface area contributed by atoms with Crippen LogP contribution in [0.15, 0.2) is 0 Å². The van der Waals surface area contributed by atoms with Gasteiger partial charge in [-0.3, -0.25) is 0 Å². The molecule has 0 atom stereocenters. The minimum Gasteiger partial charge on any atom is -0.385 e. The topological polar surface area (TPSA) is 43.4 Å². The van der Waals surface area contributed by atoms with Crippen molar-refractivity contribution in [3.63, 3.8) is 0 Å². The second-order valence-corrected chi connectivity index (χ2v) is 8.23. The minimum absolute atomic E-state index is 0.0254. The smallest absolute Gasteiger partial charge is 0.150 e. The second kappa shape index (κ2) is 7.85. The van der Waals surface area contributed by atoms with E-state index in [4.69, 9.17) is 4.74 Å². The van der Waals surface area contributed by atoms with E-state index in [1.165, 1.54) is 25.7 Å². The Kier molecular flexibility index (Phi) is 7.17. The van der Waals surface area contributed by atoms with Crippen LogP contribution in [0.25, 0.3) is 0 Å². The van der Waals surface area contributed by atoms with Crippen LogP contribution in [0.2, 0.25) is 0 Å². The van der Waals surface area contributed by atoms with Crippen molar-refractivity contribution in [2.75, 3.05) is 30.6 Å². The highest BCUT2D eigenvalue weighted by molar-refractivity contribution is 9.09. The van der Waals surface area contributed by atoms with E-state index in [9.17, 15) is 8.42 Å². The van der Waals surface area contributed by atoms with Crippen molar-refractivity contribution in [3.8, 4) is 0 Å². The minimum atomic E-state index is -2.95. The number of methoxy groups -OCH3 is 1. The standard InChI is InChI=1S/C13H25BrO3S/c1-17-9-6-10-18(15,16)12-13(11-14)7-4-2-3-5-8-13/h2-12H2,1H3. The zero-order chi connectivity index (χ0) is 13.5. The first-order chi connectivity index (χ1) is 8.54. The van der Waals surface area contributed by atoms with Crippen molar-refractivity contribution >= 4 is 25.8 Å². The van der Waals surface area contributed by atoms with Crippen LogP contribution in [0.5, 0.6) is 0 Å². The number of sulfone groups is 1. The van der Waals surface area contributed by atoms with Crippen molar-refractivity contribution in [1.29, 1.82) is 0 Å². The van der Waals surface area contributed by atoms with Crippen LogP contribution in [0.1, 0.15) is 44.9 Å². The van der Waals surface area contributed by atoms with E-state index in [2.05, 4.69) is 15.9 Å². The van der Waals surface area contributed by atoms with Gasteiger partial charge >= 0.3 is 0 Å². The monoisotopic (exact) mass is 340 g/mol. The van der Waals surface area contributed by atoms with Gasteiger partial charge < -0.3 is 4.74 Å². The van der Waals surface area contributed by atoms with Crippen molar-refractivity contribution in [2.45, 2.75) is 44.9 Å². The molecule has 1 fully saturated rings. The van der Waals surface area contributed by atoms with Crippen LogP contribution >= 0.6 is 15.9 Å². The van der Waals surface area contributed by atoms with Crippen LogP contribution in [0.4, 0.5) is 0 Å². The maximum absolute atomic E-state index is 12.2. The highest BCUT2D eigenvalue weighted by Gasteiger charge is 2.34. The summed E-state index contributed by atoms with van der Waals surface area (Å²) in [5, 5.41) is 0.809. The van der Waals surface area contributed by atoms with E-state index < -0.39 is 9.84 Å². The molecule has 0 aromatic rings. The number of ether oxygens (including phenoxy) is 1. The predicted octanol–water partition coefficient (Wildman–Crippen LogP) is 3.17. The summed E-state index contributed by atoms with van der Waals surface area (Å²) in [6.07, 6.45) is 7.52. The molecule has 18 heavy (non-hydrogen) atoms. The van der Waals surface area contributed by atoms with E-state index in [0.717, 1.165) is 18.2 Å². The summed E-state index contributed by atoms with van der Waals surface area (Å²) in [5.41, 5.74) is -0.0254. The molecule has 0 aliphatic heterocycles. The van der Waals surface area contributed by atoms with Crippen molar-refractivity contribution in [2.24, 2.45) is 5.41 Å². The molecule has 0 aromatic heterocycles. The van der Waals surface area contributed by atoms with Crippen molar-refractivity contribution in [3.05, 3.63) is 0 Å². The molecule has 0 radical (unpaired) electrons. The van der Waals surface area contributed by atoms with Gasteiger partial charge in [0.1, 0.15) is 0 Å². The molecular weight excluding hydrogens is 316 g/mol. The fraction of sp³-hybridized carbons (Fsp3) is 1.00. The quantitative estimate of drug-likeness (QED) is 0.406. The molecule has 0 unspecified atom stereocenters. The van der Waals surface area contributed by atoms with Crippen LogP contribution in [-0.4, -0.2) is 39.0 Å². The molecule has 1 aliphatic rings. The average Bonchev–Trinajstić information content (AvgIpc) is 2.55. The van der Waals surface area contributed by atoms with Gasteiger partial charge in [-0.05, 0) is 24.7 Å². The molecule has 0 amide bonds. The van der Waals surface area contributed by atoms with E-state index in [1.54, 1.807) is 7.11 Å². The summed E-state index contributed by atoms with van der Waals surface area (Å²) >= 11 is 3.55.